The Morgan fingerprint density at radius 2 is 2.00 bits per heavy atom. The largest absolute Gasteiger partial charge is 0.394 e. The number of allylic oxidation sites excluding steroid dienone is 1. The average Bonchev–Trinajstić information content (AvgIpc) is 2.53. The quantitative estimate of drug-likeness (QED) is 0.697. The Hall–Kier alpha value is -0.420. The summed E-state index contributed by atoms with van der Waals surface area (Å²) in [4.78, 5) is 0. The molecule has 94 valence electrons. The first-order valence-electron chi connectivity index (χ1n) is 5.79. The molecule has 1 fully saturated rings. The predicted octanol–water partition coefficient (Wildman–Crippen LogP) is 1.22. The third kappa shape index (κ3) is 3.56. The molecule has 1 saturated heterocycles. The zero-order chi connectivity index (χ0) is 12.2. The second-order valence-corrected chi connectivity index (χ2v) is 4.50. The van der Waals surface area contributed by atoms with Crippen molar-refractivity contribution in [3.63, 3.8) is 0 Å². The molecule has 0 aromatic carbocycles. The fourth-order valence-corrected chi connectivity index (χ4v) is 1.87. The van der Waals surface area contributed by atoms with Gasteiger partial charge in [-0.05, 0) is 26.7 Å². The lowest BCUT2D eigenvalue weighted by molar-refractivity contribution is -0.157. The topological polar surface area (TPSA) is 58.9 Å². The zero-order valence-corrected chi connectivity index (χ0v) is 10.2. The highest BCUT2D eigenvalue weighted by Gasteiger charge is 2.43. The van der Waals surface area contributed by atoms with Gasteiger partial charge in [0.25, 0.3) is 0 Å². The molecular formula is C12H22O4. The molecule has 1 aliphatic rings. The van der Waals surface area contributed by atoms with Crippen LogP contribution in [0, 0.1) is 0 Å². The van der Waals surface area contributed by atoms with Crippen molar-refractivity contribution in [3.05, 3.63) is 12.2 Å². The number of aliphatic hydroxyl groups is 2. The highest BCUT2D eigenvalue weighted by molar-refractivity contribution is 4.92. The summed E-state index contributed by atoms with van der Waals surface area (Å²) in [6.45, 7) is 5.38. The molecule has 1 aliphatic heterocycles. The molecule has 16 heavy (non-hydrogen) atoms. The van der Waals surface area contributed by atoms with E-state index in [1.54, 1.807) is 0 Å². The van der Waals surface area contributed by atoms with Crippen LogP contribution in [0.5, 0.6) is 0 Å². The van der Waals surface area contributed by atoms with Gasteiger partial charge in [-0.3, -0.25) is 0 Å². The van der Waals surface area contributed by atoms with Gasteiger partial charge in [0.1, 0.15) is 12.2 Å². The van der Waals surface area contributed by atoms with Gasteiger partial charge in [-0.2, -0.15) is 0 Å². The fourth-order valence-electron chi connectivity index (χ4n) is 1.87. The van der Waals surface area contributed by atoms with Crippen LogP contribution < -0.4 is 0 Å². The van der Waals surface area contributed by atoms with Crippen molar-refractivity contribution >= 4 is 0 Å². The van der Waals surface area contributed by atoms with Crippen LogP contribution in [0.25, 0.3) is 0 Å². The minimum Gasteiger partial charge on any atom is -0.394 e. The van der Waals surface area contributed by atoms with Gasteiger partial charge in [-0.1, -0.05) is 19.1 Å². The van der Waals surface area contributed by atoms with Crippen molar-refractivity contribution in [2.24, 2.45) is 0 Å². The van der Waals surface area contributed by atoms with Gasteiger partial charge in [-0.25, -0.2) is 0 Å². The molecular weight excluding hydrogens is 208 g/mol. The lowest BCUT2D eigenvalue weighted by atomic mass is 10.1. The summed E-state index contributed by atoms with van der Waals surface area (Å²) in [5, 5.41) is 18.6. The molecule has 1 rings (SSSR count). The summed E-state index contributed by atoms with van der Waals surface area (Å²) in [7, 11) is 0. The first-order chi connectivity index (χ1) is 7.50. The minimum atomic E-state index is -0.887. The van der Waals surface area contributed by atoms with E-state index >= 15 is 0 Å². The monoisotopic (exact) mass is 230 g/mol. The normalized spacial score (nSPS) is 31.1. The Kier molecular flexibility index (Phi) is 4.92. The van der Waals surface area contributed by atoms with E-state index in [1.165, 1.54) is 0 Å². The van der Waals surface area contributed by atoms with E-state index in [4.69, 9.17) is 14.6 Å². The summed E-state index contributed by atoms with van der Waals surface area (Å²) in [6.07, 6.45) is 4.20. The SMILES string of the molecule is CC/C=C\C[C@@H]1OC(C)(C)O[C@H]1[C@@H](O)CO. The van der Waals surface area contributed by atoms with E-state index in [0.717, 1.165) is 6.42 Å². The van der Waals surface area contributed by atoms with E-state index in [9.17, 15) is 5.11 Å². The van der Waals surface area contributed by atoms with Crippen molar-refractivity contribution in [1.29, 1.82) is 0 Å². The molecule has 0 amide bonds. The Bertz CT molecular complexity index is 237. The van der Waals surface area contributed by atoms with Crippen LogP contribution in [0.4, 0.5) is 0 Å². The van der Waals surface area contributed by atoms with Crippen LogP contribution in [0.1, 0.15) is 33.6 Å². The van der Waals surface area contributed by atoms with Crippen LogP contribution in [-0.2, 0) is 9.47 Å². The van der Waals surface area contributed by atoms with Crippen molar-refractivity contribution in [2.45, 2.75) is 57.7 Å². The van der Waals surface area contributed by atoms with Crippen molar-refractivity contribution in [1.82, 2.24) is 0 Å². The van der Waals surface area contributed by atoms with Crippen molar-refractivity contribution in [3.8, 4) is 0 Å². The van der Waals surface area contributed by atoms with E-state index < -0.39 is 18.0 Å². The highest BCUT2D eigenvalue weighted by Crippen LogP contribution is 2.31. The van der Waals surface area contributed by atoms with Gasteiger partial charge in [0.15, 0.2) is 5.79 Å². The van der Waals surface area contributed by atoms with Crippen molar-refractivity contribution in [2.75, 3.05) is 6.61 Å². The Labute approximate surface area is 96.9 Å². The first-order valence-corrected chi connectivity index (χ1v) is 5.79. The first kappa shape index (κ1) is 13.6. The molecule has 1 heterocycles. The third-order valence-electron chi connectivity index (χ3n) is 2.56. The number of ether oxygens (including phenoxy) is 2. The van der Waals surface area contributed by atoms with Gasteiger partial charge >= 0.3 is 0 Å². The zero-order valence-electron chi connectivity index (χ0n) is 10.2. The van der Waals surface area contributed by atoms with E-state index in [1.807, 2.05) is 19.9 Å². The molecule has 4 heteroatoms. The summed E-state index contributed by atoms with van der Waals surface area (Å²) < 4.78 is 11.3. The molecule has 0 saturated carbocycles. The second-order valence-electron chi connectivity index (χ2n) is 4.50. The predicted molar refractivity (Wildman–Crippen MR) is 61.0 cm³/mol. The lowest BCUT2D eigenvalue weighted by Crippen LogP contribution is -2.37. The maximum absolute atomic E-state index is 9.64. The summed E-state index contributed by atoms with van der Waals surface area (Å²) >= 11 is 0. The van der Waals surface area contributed by atoms with Crippen LogP contribution in [0.2, 0.25) is 0 Å². The smallest absolute Gasteiger partial charge is 0.163 e. The van der Waals surface area contributed by atoms with Crippen LogP contribution >= 0.6 is 0 Å². The van der Waals surface area contributed by atoms with E-state index in [0.29, 0.717) is 6.42 Å². The molecule has 0 spiro atoms. The number of aliphatic hydroxyl groups excluding tert-OH is 2. The molecule has 0 aliphatic carbocycles. The van der Waals surface area contributed by atoms with Crippen LogP contribution in [-0.4, -0.2) is 40.9 Å². The summed E-state index contributed by atoms with van der Waals surface area (Å²) in [5.74, 6) is -0.689. The average molecular weight is 230 g/mol. The van der Waals surface area contributed by atoms with Gasteiger partial charge in [0.2, 0.25) is 0 Å². The maximum atomic E-state index is 9.64. The molecule has 0 aromatic heterocycles. The second kappa shape index (κ2) is 5.77. The molecule has 0 bridgehead atoms. The molecule has 0 unspecified atom stereocenters. The molecule has 2 N–H and O–H groups in total. The standard InChI is InChI=1S/C12H22O4/c1-4-5-6-7-10-11(9(14)8-13)16-12(2,3)15-10/h5-6,9-11,13-14H,4,7-8H2,1-3H3/b6-5-/t9-,10-,11-/m0/s1. The number of hydrogen-bond acceptors (Lipinski definition) is 4. The van der Waals surface area contributed by atoms with Crippen molar-refractivity contribution < 1.29 is 19.7 Å². The Balaban J connectivity index is 2.61. The van der Waals surface area contributed by atoms with Crippen LogP contribution in [0.3, 0.4) is 0 Å². The Morgan fingerprint density at radius 3 is 2.56 bits per heavy atom. The van der Waals surface area contributed by atoms with Gasteiger partial charge in [0, 0.05) is 0 Å². The Morgan fingerprint density at radius 1 is 1.31 bits per heavy atom. The molecule has 3 atom stereocenters. The van der Waals surface area contributed by atoms with Gasteiger partial charge < -0.3 is 19.7 Å². The lowest BCUT2D eigenvalue weighted by Gasteiger charge is -2.20. The van der Waals surface area contributed by atoms with E-state index in [-0.39, 0.29) is 12.7 Å². The third-order valence-corrected chi connectivity index (χ3v) is 2.56. The summed E-state index contributed by atoms with van der Waals surface area (Å²) in [6, 6.07) is 0. The van der Waals surface area contributed by atoms with Gasteiger partial charge in [0.05, 0.1) is 12.7 Å². The molecule has 4 nitrogen and oxygen atoms in total. The number of hydrogen-bond donors (Lipinski definition) is 2. The molecule has 0 radical (unpaired) electrons. The van der Waals surface area contributed by atoms with Crippen LogP contribution in [0.15, 0.2) is 12.2 Å². The van der Waals surface area contributed by atoms with E-state index in [2.05, 4.69) is 13.0 Å². The number of rotatable bonds is 5. The van der Waals surface area contributed by atoms with Gasteiger partial charge in [-0.15, -0.1) is 0 Å². The fraction of sp³-hybridized carbons (Fsp3) is 0.833. The highest BCUT2D eigenvalue weighted by atomic mass is 16.8. The summed E-state index contributed by atoms with van der Waals surface area (Å²) in [5.41, 5.74) is 0. The minimum absolute atomic E-state index is 0.194. The molecule has 0 aromatic rings. The maximum Gasteiger partial charge on any atom is 0.163 e.